The van der Waals surface area contributed by atoms with E-state index in [9.17, 15) is 9.90 Å². The average molecular weight is 330 g/mol. The van der Waals surface area contributed by atoms with Gasteiger partial charge in [0.25, 0.3) is 0 Å². The largest absolute Gasteiger partial charge is 0.396 e. The highest BCUT2D eigenvalue weighted by molar-refractivity contribution is 5.76. The SMILES string of the molecule is CC1(CO)CCCC1NC(=O)CCc1nc(-c2cccnc2)no1. The van der Waals surface area contributed by atoms with Crippen LogP contribution in [0, 0.1) is 5.41 Å². The molecule has 7 heteroatoms. The van der Waals surface area contributed by atoms with Crippen molar-refractivity contribution in [1.29, 1.82) is 0 Å². The number of hydrogen-bond donors (Lipinski definition) is 2. The molecule has 1 aliphatic rings. The second-order valence-corrected chi connectivity index (χ2v) is 6.58. The van der Waals surface area contributed by atoms with Gasteiger partial charge in [-0.15, -0.1) is 0 Å². The first kappa shape index (κ1) is 16.6. The van der Waals surface area contributed by atoms with Crippen molar-refractivity contribution < 1.29 is 14.4 Å². The van der Waals surface area contributed by atoms with E-state index in [1.54, 1.807) is 18.5 Å². The number of aromatic nitrogens is 3. The van der Waals surface area contributed by atoms with Gasteiger partial charge in [0.15, 0.2) is 0 Å². The highest BCUT2D eigenvalue weighted by Crippen LogP contribution is 2.37. The van der Waals surface area contributed by atoms with E-state index in [4.69, 9.17) is 4.52 Å². The summed E-state index contributed by atoms with van der Waals surface area (Å²) in [5, 5.41) is 16.5. The number of carbonyl (C=O) groups excluding carboxylic acids is 1. The number of pyridine rings is 1. The van der Waals surface area contributed by atoms with Gasteiger partial charge in [0.2, 0.25) is 17.6 Å². The van der Waals surface area contributed by atoms with E-state index in [0.717, 1.165) is 24.8 Å². The first-order valence-corrected chi connectivity index (χ1v) is 8.24. The number of aryl methyl sites for hydroxylation is 1. The monoisotopic (exact) mass is 330 g/mol. The Hall–Kier alpha value is -2.28. The van der Waals surface area contributed by atoms with Crippen molar-refractivity contribution in [3.63, 3.8) is 0 Å². The molecule has 2 heterocycles. The highest BCUT2D eigenvalue weighted by Gasteiger charge is 2.38. The molecular weight excluding hydrogens is 308 g/mol. The zero-order valence-electron chi connectivity index (χ0n) is 13.7. The van der Waals surface area contributed by atoms with Crippen molar-refractivity contribution >= 4 is 5.91 Å². The third-order valence-electron chi connectivity index (χ3n) is 4.73. The van der Waals surface area contributed by atoms with Crippen LogP contribution in [0.5, 0.6) is 0 Å². The lowest BCUT2D eigenvalue weighted by Crippen LogP contribution is -2.44. The van der Waals surface area contributed by atoms with Crippen LogP contribution in [0.3, 0.4) is 0 Å². The summed E-state index contributed by atoms with van der Waals surface area (Å²) in [6.07, 6.45) is 6.89. The predicted molar refractivity (Wildman–Crippen MR) is 86.8 cm³/mol. The van der Waals surface area contributed by atoms with Crippen LogP contribution in [0.15, 0.2) is 29.0 Å². The smallest absolute Gasteiger partial charge is 0.227 e. The van der Waals surface area contributed by atoms with Gasteiger partial charge in [-0.05, 0) is 25.0 Å². The van der Waals surface area contributed by atoms with Gasteiger partial charge in [-0.2, -0.15) is 4.98 Å². The van der Waals surface area contributed by atoms with E-state index in [-0.39, 0.29) is 30.4 Å². The van der Waals surface area contributed by atoms with Crippen LogP contribution in [0.2, 0.25) is 0 Å². The maximum atomic E-state index is 12.2. The maximum Gasteiger partial charge on any atom is 0.227 e. The quantitative estimate of drug-likeness (QED) is 0.836. The Labute approximate surface area is 140 Å². The Morgan fingerprint density at radius 3 is 3.17 bits per heavy atom. The Bertz CT molecular complexity index is 688. The molecule has 1 fully saturated rings. The maximum absolute atomic E-state index is 12.2. The fraction of sp³-hybridized carbons (Fsp3) is 0.529. The molecule has 2 N–H and O–H groups in total. The van der Waals surface area contributed by atoms with Crippen LogP contribution in [0.1, 0.15) is 38.5 Å². The summed E-state index contributed by atoms with van der Waals surface area (Å²) in [5.74, 6) is 0.852. The van der Waals surface area contributed by atoms with E-state index < -0.39 is 0 Å². The average Bonchev–Trinajstić information content (AvgIpc) is 3.22. The van der Waals surface area contributed by atoms with Crippen LogP contribution in [0.25, 0.3) is 11.4 Å². The first-order chi connectivity index (χ1) is 11.6. The molecule has 24 heavy (non-hydrogen) atoms. The molecule has 1 amide bonds. The molecule has 3 rings (SSSR count). The van der Waals surface area contributed by atoms with E-state index in [2.05, 4.69) is 20.4 Å². The zero-order chi connectivity index (χ0) is 17.0. The molecule has 2 atom stereocenters. The van der Waals surface area contributed by atoms with Crippen LogP contribution in [-0.2, 0) is 11.2 Å². The zero-order valence-corrected chi connectivity index (χ0v) is 13.7. The van der Waals surface area contributed by atoms with Gasteiger partial charge in [0.1, 0.15) is 0 Å². The third-order valence-corrected chi connectivity index (χ3v) is 4.73. The van der Waals surface area contributed by atoms with Crippen molar-refractivity contribution in [2.24, 2.45) is 5.41 Å². The van der Waals surface area contributed by atoms with Gasteiger partial charge in [0, 0.05) is 42.3 Å². The Kier molecular flexibility index (Phi) is 4.89. The first-order valence-electron chi connectivity index (χ1n) is 8.24. The number of aliphatic hydroxyl groups excluding tert-OH is 1. The minimum Gasteiger partial charge on any atom is -0.396 e. The van der Waals surface area contributed by atoms with Crippen molar-refractivity contribution in [3.8, 4) is 11.4 Å². The number of amides is 1. The van der Waals surface area contributed by atoms with Crippen LogP contribution >= 0.6 is 0 Å². The van der Waals surface area contributed by atoms with Gasteiger partial charge in [-0.25, -0.2) is 0 Å². The van der Waals surface area contributed by atoms with Crippen LogP contribution < -0.4 is 5.32 Å². The standard InChI is InChI=1S/C17H22N4O3/c1-17(11-22)8-2-5-13(17)19-14(23)6-7-15-20-16(21-24-15)12-4-3-9-18-10-12/h3-4,9-10,13,22H,2,5-8,11H2,1H3,(H,19,23). The topological polar surface area (TPSA) is 101 Å². The molecule has 1 saturated carbocycles. The number of nitrogens with zero attached hydrogens (tertiary/aromatic N) is 3. The van der Waals surface area contributed by atoms with E-state index >= 15 is 0 Å². The molecule has 2 aromatic rings. The lowest BCUT2D eigenvalue weighted by Gasteiger charge is -2.30. The van der Waals surface area contributed by atoms with E-state index in [1.807, 2.05) is 13.0 Å². The van der Waals surface area contributed by atoms with Gasteiger partial charge < -0.3 is 14.9 Å². The van der Waals surface area contributed by atoms with E-state index in [0.29, 0.717) is 18.1 Å². The van der Waals surface area contributed by atoms with Crippen LogP contribution in [0.4, 0.5) is 0 Å². The van der Waals surface area contributed by atoms with Crippen LogP contribution in [-0.4, -0.2) is 38.8 Å². The normalized spacial score (nSPS) is 23.3. The summed E-state index contributed by atoms with van der Waals surface area (Å²) >= 11 is 0. The number of aliphatic hydroxyl groups is 1. The molecule has 0 saturated heterocycles. The van der Waals surface area contributed by atoms with Gasteiger partial charge in [0.05, 0.1) is 6.61 Å². The summed E-state index contributed by atoms with van der Waals surface area (Å²) in [4.78, 5) is 20.5. The predicted octanol–water partition coefficient (Wildman–Crippen LogP) is 1.73. The van der Waals surface area contributed by atoms with Gasteiger partial charge in [-0.3, -0.25) is 9.78 Å². The van der Waals surface area contributed by atoms with Gasteiger partial charge in [-0.1, -0.05) is 18.5 Å². The number of rotatable bonds is 6. The molecule has 0 spiro atoms. The fourth-order valence-electron chi connectivity index (χ4n) is 3.12. The number of hydrogen-bond acceptors (Lipinski definition) is 6. The Morgan fingerprint density at radius 1 is 1.54 bits per heavy atom. The molecule has 2 aromatic heterocycles. The summed E-state index contributed by atoms with van der Waals surface area (Å²) < 4.78 is 5.19. The molecule has 128 valence electrons. The molecular formula is C17H22N4O3. The van der Waals surface area contributed by atoms with Crippen molar-refractivity contribution in [3.05, 3.63) is 30.4 Å². The molecule has 2 unspecified atom stereocenters. The molecule has 0 radical (unpaired) electrons. The van der Waals surface area contributed by atoms with E-state index in [1.165, 1.54) is 0 Å². The molecule has 0 bridgehead atoms. The molecule has 0 aromatic carbocycles. The minimum absolute atomic E-state index is 0.0311. The van der Waals surface area contributed by atoms with Crippen molar-refractivity contribution in [1.82, 2.24) is 20.4 Å². The Balaban J connectivity index is 1.53. The number of carbonyl (C=O) groups is 1. The molecule has 0 aliphatic heterocycles. The summed E-state index contributed by atoms with van der Waals surface area (Å²) in [6.45, 7) is 2.11. The summed E-state index contributed by atoms with van der Waals surface area (Å²) in [7, 11) is 0. The molecule has 1 aliphatic carbocycles. The lowest BCUT2D eigenvalue weighted by molar-refractivity contribution is -0.122. The van der Waals surface area contributed by atoms with Gasteiger partial charge >= 0.3 is 0 Å². The second kappa shape index (κ2) is 7.09. The lowest BCUT2D eigenvalue weighted by atomic mass is 9.86. The molecule has 7 nitrogen and oxygen atoms in total. The highest BCUT2D eigenvalue weighted by atomic mass is 16.5. The Morgan fingerprint density at radius 2 is 2.42 bits per heavy atom. The second-order valence-electron chi connectivity index (χ2n) is 6.58. The fourth-order valence-corrected chi connectivity index (χ4v) is 3.12. The minimum atomic E-state index is -0.215. The summed E-state index contributed by atoms with van der Waals surface area (Å²) in [5.41, 5.74) is 0.565. The number of nitrogens with one attached hydrogen (secondary N) is 1. The van der Waals surface area contributed by atoms with Crippen molar-refractivity contribution in [2.45, 2.75) is 45.1 Å². The summed E-state index contributed by atoms with van der Waals surface area (Å²) in [6, 6.07) is 3.69. The third kappa shape index (κ3) is 3.62. The van der Waals surface area contributed by atoms with Crippen molar-refractivity contribution in [2.75, 3.05) is 6.61 Å².